The Morgan fingerprint density at radius 2 is 2.09 bits per heavy atom. The summed E-state index contributed by atoms with van der Waals surface area (Å²) in [4.78, 5) is 4.79. The van der Waals surface area contributed by atoms with Gasteiger partial charge in [-0.3, -0.25) is 0 Å². The van der Waals surface area contributed by atoms with E-state index in [1.165, 1.54) is 6.42 Å². The topological polar surface area (TPSA) is 18.5 Å². The molecule has 0 amide bonds. The highest BCUT2D eigenvalue weighted by Gasteiger charge is 2.25. The summed E-state index contributed by atoms with van der Waals surface area (Å²) in [5.74, 6) is 0. The molecule has 23 heavy (non-hydrogen) atoms. The van der Waals surface area contributed by atoms with Crippen molar-refractivity contribution in [3.8, 4) is 0 Å². The molecule has 2 rings (SSSR count). The lowest BCUT2D eigenvalue weighted by Crippen LogP contribution is -2.48. The maximum Gasteiger partial charge on any atom is 0.173 e. The predicted molar refractivity (Wildman–Crippen MR) is 105 cm³/mol. The van der Waals surface area contributed by atoms with Crippen molar-refractivity contribution < 1.29 is 0 Å². The smallest absolute Gasteiger partial charge is 0.173 e. The molecule has 1 atom stereocenters. The van der Waals surface area contributed by atoms with E-state index in [9.17, 15) is 0 Å². The molecule has 1 saturated heterocycles. The van der Waals surface area contributed by atoms with Gasteiger partial charge in [0.15, 0.2) is 5.11 Å². The SMILES string of the molecule is CC[C@H](C)N(C)C1CCN(C(=S)Nc2ccc(C)c(Cl)c2)CC1. The number of piperidine rings is 1. The fourth-order valence-corrected chi connectivity index (χ4v) is 3.48. The van der Waals surface area contributed by atoms with Gasteiger partial charge in [-0.1, -0.05) is 24.6 Å². The van der Waals surface area contributed by atoms with Crippen molar-refractivity contribution in [2.45, 2.75) is 52.1 Å². The van der Waals surface area contributed by atoms with Crippen LogP contribution in [-0.2, 0) is 0 Å². The highest BCUT2D eigenvalue weighted by molar-refractivity contribution is 7.80. The van der Waals surface area contributed by atoms with Crippen molar-refractivity contribution in [1.29, 1.82) is 0 Å². The highest BCUT2D eigenvalue weighted by Crippen LogP contribution is 2.22. The van der Waals surface area contributed by atoms with Crippen molar-refractivity contribution in [1.82, 2.24) is 9.80 Å². The first-order chi connectivity index (χ1) is 10.9. The van der Waals surface area contributed by atoms with Crippen molar-refractivity contribution in [3.05, 3.63) is 28.8 Å². The van der Waals surface area contributed by atoms with Gasteiger partial charge in [-0.15, -0.1) is 0 Å². The van der Waals surface area contributed by atoms with Crippen LogP contribution in [0.3, 0.4) is 0 Å². The summed E-state index contributed by atoms with van der Waals surface area (Å²) in [6.45, 7) is 8.58. The molecular weight excluding hydrogens is 326 g/mol. The van der Waals surface area contributed by atoms with Gasteiger partial charge in [0.2, 0.25) is 0 Å². The van der Waals surface area contributed by atoms with Gasteiger partial charge in [0, 0.05) is 35.9 Å². The molecule has 1 fully saturated rings. The third-order valence-corrected chi connectivity index (χ3v) is 5.80. The number of hydrogen-bond donors (Lipinski definition) is 1. The molecule has 1 heterocycles. The molecule has 1 aliphatic rings. The number of halogens is 1. The minimum absolute atomic E-state index is 0.645. The van der Waals surface area contributed by atoms with Crippen molar-refractivity contribution >= 4 is 34.6 Å². The van der Waals surface area contributed by atoms with E-state index < -0.39 is 0 Å². The van der Waals surface area contributed by atoms with Gasteiger partial charge in [0.1, 0.15) is 0 Å². The monoisotopic (exact) mass is 353 g/mol. The first-order valence-electron chi connectivity index (χ1n) is 8.46. The van der Waals surface area contributed by atoms with Gasteiger partial charge < -0.3 is 15.1 Å². The van der Waals surface area contributed by atoms with Crippen LogP contribution in [0, 0.1) is 6.92 Å². The molecule has 0 radical (unpaired) electrons. The van der Waals surface area contributed by atoms with Crippen molar-refractivity contribution in [2.24, 2.45) is 0 Å². The number of rotatable bonds is 4. The van der Waals surface area contributed by atoms with Gasteiger partial charge in [-0.2, -0.15) is 0 Å². The average Bonchev–Trinajstić information content (AvgIpc) is 2.57. The van der Waals surface area contributed by atoms with Gasteiger partial charge in [-0.05, 0) is 70.1 Å². The molecule has 1 aromatic carbocycles. The van der Waals surface area contributed by atoms with Gasteiger partial charge in [-0.25, -0.2) is 0 Å². The van der Waals surface area contributed by atoms with Gasteiger partial charge >= 0.3 is 0 Å². The molecule has 1 aromatic rings. The van der Waals surface area contributed by atoms with Crippen LogP contribution in [0.15, 0.2) is 18.2 Å². The van der Waals surface area contributed by atoms with Crippen LogP contribution in [0.5, 0.6) is 0 Å². The lowest BCUT2D eigenvalue weighted by Gasteiger charge is -2.40. The number of benzene rings is 1. The Hall–Kier alpha value is -0.840. The van der Waals surface area contributed by atoms with E-state index >= 15 is 0 Å². The molecule has 3 nitrogen and oxygen atoms in total. The summed E-state index contributed by atoms with van der Waals surface area (Å²) < 4.78 is 0. The largest absolute Gasteiger partial charge is 0.349 e. The first kappa shape index (κ1) is 18.5. The fraction of sp³-hybridized carbons (Fsp3) is 0.611. The van der Waals surface area contributed by atoms with Crippen LogP contribution in [0.2, 0.25) is 5.02 Å². The van der Waals surface area contributed by atoms with E-state index in [0.29, 0.717) is 12.1 Å². The zero-order valence-corrected chi connectivity index (χ0v) is 16.2. The normalized spacial score (nSPS) is 17.4. The molecule has 0 bridgehead atoms. The Labute approximate surface area is 151 Å². The van der Waals surface area contributed by atoms with Gasteiger partial charge in [0.05, 0.1) is 0 Å². The fourth-order valence-electron chi connectivity index (χ4n) is 3.00. The summed E-state index contributed by atoms with van der Waals surface area (Å²) in [6, 6.07) is 7.29. The summed E-state index contributed by atoms with van der Waals surface area (Å²) >= 11 is 11.7. The molecule has 0 unspecified atom stereocenters. The number of hydrogen-bond acceptors (Lipinski definition) is 2. The summed E-state index contributed by atoms with van der Waals surface area (Å²) in [5.41, 5.74) is 2.04. The molecule has 1 N–H and O–H groups in total. The van der Waals surface area contributed by atoms with E-state index in [1.807, 2.05) is 25.1 Å². The van der Waals surface area contributed by atoms with E-state index in [4.69, 9.17) is 23.8 Å². The second kappa shape index (κ2) is 8.32. The number of nitrogens with one attached hydrogen (secondary N) is 1. The summed E-state index contributed by atoms with van der Waals surface area (Å²) in [5, 5.41) is 4.89. The third-order valence-electron chi connectivity index (χ3n) is 5.04. The Balaban J connectivity index is 1.87. The third kappa shape index (κ3) is 4.82. The Kier molecular flexibility index (Phi) is 6.69. The standard InChI is InChI=1S/C18H28ClN3S/c1-5-14(3)21(4)16-8-10-22(11-9-16)18(23)20-15-7-6-13(2)17(19)12-15/h6-7,12,14,16H,5,8-11H2,1-4H3,(H,20,23)/t14-/m0/s1. The predicted octanol–water partition coefficient (Wildman–Crippen LogP) is 4.54. The number of nitrogens with zero attached hydrogens (tertiary/aromatic N) is 2. The lowest BCUT2D eigenvalue weighted by molar-refractivity contribution is 0.126. The molecule has 5 heteroatoms. The van der Waals surface area contributed by atoms with Crippen molar-refractivity contribution in [2.75, 3.05) is 25.5 Å². The van der Waals surface area contributed by atoms with Gasteiger partial charge in [0.25, 0.3) is 0 Å². The highest BCUT2D eigenvalue weighted by atomic mass is 35.5. The number of likely N-dealkylation sites (tertiary alicyclic amines) is 1. The van der Waals surface area contributed by atoms with Crippen molar-refractivity contribution in [3.63, 3.8) is 0 Å². The second-order valence-electron chi connectivity index (χ2n) is 6.54. The molecule has 0 aromatic heterocycles. The molecule has 128 valence electrons. The first-order valence-corrected chi connectivity index (χ1v) is 9.25. The summed E-state index contributed by atoms with van der Waals surface area (Å²) in [7, 11) is 2.25. The quantitative estimate of drug-likeness (QED) is 0.800. The minimum Gasteiger partial charge on any atom is -0.349 e. The van der Waals surface area contributed by atoms with Crippen LogP contribution in [0.4, 0.5) is 5.69 Å². The van der Waals surface area contributed by atoms with E-state index in [-0.39, 0.29) is 0 Å². The Morgan fingerprint density at radius 3 is 2.65 bits per heavy atom. The van der Waals surface area contributed by atoms with Crippen LogP contribution in [0.25, 0.3) is 0 Å². The second-order valence-corrected chi connectivity index (χ2v) is 7.33. The Morgan fingerprint density at radius 1 is 1.43 bits per heavy atom. The minimum atomic E-state index is 0.645. The lowest BCUT2D eigenvalue weighted by atomic mass is 10.0. The zero-order chi connectivity index (χ0) is 17.0. The zero-order valence-electron chi connectivity index (χ0n) is 14.6. The van der Waals surface area contributed by atoms with Crippen LogP contribution in [0.1, 0.15) is 38.7 Å². The maximum atomic E-state index is 6.18. The van der Waals surface area contributed by atoms with Crippen LogP contribution >= 0.6 is 23.8 Å². The molecule has 1 aliphatic heterocycles. The summed E-state index contributed by atoms with van der Waals surface area (Å²) in [6.07, 6.45) is 3.53. The average molecular weight is 354 g/mol. The molecule has 0 spiro atoms. The van der Waals surface area contributed by atoms with E-state index in [2.05, 4.69) is 36.0 Å². The number of aryl methyl sites for hydroxylation is 1. The number of anilines is 1. The maximum absolute atomic E-state index is 6.18. The van der Waals surface area contributed by atoms with E-state index in [1.54, 1.807) is 0 Å². The number of thiocarbonyl (C=S) groups is 1. The van der Waals surface area contributed by atoms with E-state index in [0.717, 1.165) is 47.3 Å². The molecule has 0 aliphatic carbocycles. The van der Waals surface area contributed by atoms with Crippen LogP contribution in [-0.4, -0.2) is 47.1 Å². The molecule has 0 saturated carbocycles. The van der Waals surface area contributed by atoms with Crippen LogP contribution < -0.4 is 5.32 Å². The Bertz CT molecular complexity index is 541. The molecular formula is C18H28ClN3S.